The van der Waals surface area contributed by atoms with Gasteiger partial charge in [-0.1, -0.05) is 17.7 Å². The molecule has 1 fully saturated rings. The second-order valence-electron chi connectivity index (χ2n) is 9.13. The minimum Gasteiger partial charge on any atom is -0.511 e. The van der Waals surface area contributed by atoms with Crippen LogP contribution in [0.15, 0.2) is 40.4 Å². The molecule has 160 valence electrons. The molecule has 0 aliphatic heterocycles. The maximum absolute atomic E-state index is 13.4. The van der Waals surface area contributed by atoms with Crippen LogP contribution in [-0.4, -0.2) is 32.7 Å². The van der Waals surface area contributed by atoms with Gasteiger partial charge in [0.1, 0.15) is 17.3 Å². The number of aromatic hydroxyl groups is 1. The molecular weight excluding hydrogens is 396 g/mol. The van der Waals surface area contributed by atoms with Crippen LogP contribution < -0.4 is 0 Å². The van der Waals surface area contributed by atoms with Crippen LogP contribution >= 0.6 is 0 Å². The number of aliphatic hydroxyl groups excluding tert-OH is 2. The highest BCUT2D eigenvalue weighted by molar-refractivity contribution is 6.22. The molecule has 1 aromatic carbocycles. The van der Waals surface area contributed by atoms with Crippen molar-refractivity contribution < 1.29 is 29.7 Å². The van der Waals surface area contributed by atoms with Gasteiger partial charge in [-0.2, -0.15) is 0 Å². The molecule has 3 N–H and O–H groups in total. The minimum absolute atomic E-state index is 0.122. The van der Waals surface area contributed by atoms with Crippen molar-refractivity contribution in [2.24, 2.45) is 17.8 Å². The molecular formula is C25H24O6. The van der Waals surface area contributed by atoms with Crippen molar-refractivity contribution in [1.29, 1.82) is 0 Å². The van der Waals surface area contributed by atoms with Gasteiger partial charge in [-0.25, -0.2) is 0 Å². The topological polar surface area (TPSA) is 112 Å². The van der Waals surface area contributed by atoms with E-state index in [2.05, 4.69) is 6.08 Å². The van der Waals surface area contributed by atoms with E-state index >= 15 is 0 Å². The fourth-order valence-corrected chi connectivity index (χ4v) is 5.66. The van der Waals surface area contributed by atoms with Crippen LogP contribution in [-0.2, 0) is 16.0 Å². The number of phenolic OH excluding ortho intramolecular Hbond substituents is 1. The molecule has 3 unspecified atom stereocenters. The Labute approximate surface area is 179 Å². The van der Waals surface area contributed by atoms with Gasteiger partial charge in [0.05, 0.1) is 17.1 Å². The Hall–Kier alpha value is -3.15. The SMILES string of the molecule is CC(=O)C1=C(O)CC2CC3Cc4c(C=C5CCC5)ccc(O)c4C(=O)C3=C(O)C2C1=O. The quantitative estimate of drug-likeness (QED) is 0.620. The van der Waals surface area contributed by atoms with Crippen molar-refractivity contribution in [3.8, 4) is 5.75 Å². The summed E-state index contributed by atoms with van der Waals surface area (Å²) in [6, 6.07) is 3.33. The van der Waals surface area contributed by atoms with Gasteiger partial charge in [0, 0.05) is 12.0 Å². The van der Waals surface area contributed by atoms with Crippen LogP contribution in [0.1, 0.15) is 60.5 Å². The van der Waals surface area contributed by atoms with Gasteiger partial charge in [-0.3, -0.25) is 14.4 Å². The molecule has 31 heavy (non-hydrogen) atoms. The van der Waals surface area contributed by atoms with Crippen LogP contribution in [0, 0.1) is 17.8 Å². The molecule has 6 heteroatoms. The molecule has 1 aromatic rings. The minimum atomic E-state index is -1.01. The maximum atomic E-state index is 13.4. The van der Waals surface area contributed by atoms with Crippen molar-refractivity contribution in [2.75, 3.05) is 0 Å². The lowest BCUT2D eigenvalue weighted by Crippen LogP contribution is -2.42. The number of rotatable bonds is 2. The number of phenols is 1. The molecule has 0 amide bonds. The fraction of sp³-hybridized carbons (Fsp3) is 0.400. The predicted molar refractivity (Wildman–Crippen MR) is 113 cm³/mol. The zero-order valence-electron chi connectivity index (χ0n) is 17.3. The van der Waals surface area contributed by atoms with E-state index in [1.165, 1.54) is 18.6 Å². The molecule has 0 aromatic heterocycles. The van der Waals surface area contributed by atoms with Crippen molar-refractivity contribution in [1.82, 2.24) is 0 Å². The Bertz CT molecular complexity index is 1140. The van der Waals surface area contributed by atoms with Crippen LogP contribution in [0.5, 0.6) is 5.75 Å². The zero-order chi connectivity index (χ0) is 22.0. The maximum Gasteiger partial charge on any atom is 0.196 e. The summed E-state index contributed by atoms with van der Waals surface area (Å²) < 4.78 is 0. The summed E-state index contributed by atoms with van der Waals surface area (Å²) in [7, 11) is 0. The molecule has 5 rings (SSSR count). The second-order valence-corrected chi connectivity index (χ2v) is 9.13. The first kappa shape index (κ1) is 19.8. The third-order valence-corrected chi connectivity index (χ3v) is 7.27. The van der Waals surface area contributed by atoms with Crippen LogP contribution in [0.4, 0.5) is 0 Å². The van der Waals surface area contributed by atoms with Gasteiger partial charge in [-0.05, 0) is 68.1 Å². The molecule has 0 spiro atoms. The second kappa shape index (κ2) is 6.94. The van der Waals surface area contributed by atoms with Crippen LogP contribution in [0.2, 0.25) is 0 Å². The first-order valence-electron chi connectivity index (χ1n) is 10.8. The first-order chi connectivity index (χ1) is 14.8. The standard InChI is InChI=1S/C25H24O6/c1-11(26)19-18(28)10-15-8-14-9-16-13(7-12-3-2-4-12)5-6-17(27)22(16)25(31)20(14)24(30)21(15)23(19)29/h5-7,14-15,21,27-28,30H,2-4,8-10H2,1H3. The number of ketones is 3. The Balaban J connectivity index is 1.62. The van der Waals surface area contributed by atoms with Crippen LogP contribution in [0.3, 0.4) is 0 Å². The Morgan fingerprint density at radius 2 is 1.84 bits per heavy atom. The van der Waals surface area contributed by atoms with Gasteiger partial charge in [-0.15, -0.1) is 0 Å². The summed E-state index contributed by atoms with van der Waals surface area (Å²) >= 11 is 0. The monoisotopic (exact) mass is 420 g/mol. The largest absolute Gasteiger partial charge is 0.511 e. The summed E-state index contributed by atoms with van der Waals surface area (Å²) in [5.41, 5.74) is 3.08. The van der Waals surface area contributed by atoms with Crippen molar-refractivity contribution in [3.63, 3.8) is 0 Å². The molecule has 0 bridgehead atoms. The van der Waals surface area contributed by atoms with E-state index in [1.54, 1.807) is 0 Å². The Kier molecular flexibility index (Phi) is 4.43. The smallest absolute Gasteiger partial charge is 0.196 e. The average Bonchev–Trinajstić information content (AvgIpc) is 2.65. The summed E-state index contributed by atoms with van der Waals surface area (Å²) in [5, 5.41) is 31.8. The molecule has 0 heterocycles. The number of hydrogen-bond acceptors (Lipinski definition) is 6. The Morgan fingerprint density at radius 1 is 1.10 bits per heavy atom. The number of Topliss-reactive ketones (excluding diaryl/α,β-unsaturated/α-hetero) is 3. The lowest BCUT2D eigenvalue weighted by molar-refractivity contribution is -0.125. The van der Waals surface area contributed by atoms with Gasteiger partial charge >= 0.3 is 0 Å². The summed E-state index contributed by atoms with van der Waals surface area (Å²) in [6.45, 7) is 1.21. The molecule has 4 aliphatic carbocycles. The van der Waals surface area contributed by atoms with Crippen LogP contribution in [0.25, 0.3) is 6.08 Å². The highest BCUT2D eigenvalue weighted by atomic mass is 16.3. The van der Waals surface area contributed by atoms with Crippen molar-refractivity contribution in [2.45, 2.75) is 45.4 Å². The van der Waals surface area contributed by atoms with Gasteiger partial charge in [0.2, 0.25) is 0 Å². The number of aliphatic hydroxyl groups is 2. The summed E-state index contributed by atoms with van der Waals surface area (Å²) in [5.74, 6) is -3.98. The average molecular weight is 420 g/mol. The fourth-order valence-electron chi connectivity index (χ4n) is 5.66. The molecule has 0 radical (unpaired) electrons. The highest BCUT2D eigenvalue weighted by Crippen LogP contribution is 2.50. The number of benzene rings is 1. The molecule has 3 atom stereocenters. The van der Waals surface area contributed by atoms with Crippen molar-refractivity contribution >= 4 is 23.4 Å². The number of carbonyl (C=O) groups is 3. The third kappa shape index (κ3) is 2.88. The molecule has 6 nitrogen and oxygen atoms in total. The summed E-state index contributed by atoms with van der Waals surface area (Å²) in [4.78, 5) is 38.2. The number of hydrogen-bond donors (Lipinski definition) is 3. The van der Waals surface area contributed by atoms with Crippen molar-refractivity contribution in [3.05, 3.63) is 57.1 Å². The van der Waals surface area contributed by atoms with E-state index < -0.39 is 23.3 Å². The van der Waals surface area contributed by atoms with E-state index in [4.69, 9.17) is 0 Å². The van der Waals surface area contributed by atoms with Gasteiger partial charge < -0.3 is 15.3 Å². The normalized spacial score (nSPS) is 27.4. The van der Waals surface area contributed by atoms with E-state index in [1.807, 2.05) is 6.07 Å². The highest BCUT2D eigenvalue weighted by Gasteiger charge is 2.50. The van der Waals surface area contributed by atoms with E-state index in [0.717, 1.165) is 30.4 Å². The van der Waals surface area contributed by atoms with E-state index in [9.17, 15) is 29.7 Å². The third-order valence-electron chi connectivity index (χ3n) is 7.27. The lowest BCUT2D eigenvalue weighted by Gasteiger charge is -2.41. The van der Waals surface area contributed by atoms with E-state index in [-0.39, 0.29) is 52.2 Å². The predicted octanol–water partition coefficient (Wildman–Crippen LogP) is 4.14. The van der Waals surface area contributed by atoms with Gasteiger partial charge in [0.25, 0.3) is 0 Å². The Morgan fingerprint density at radius 3 is 2.48 bits per heavy atom. The molecule has 0 saturated heterocycles. The molecule has 4 aliphatic rings. The lowest BCUT2D eigenvalue weighted by atomic mass is 9.62. The number of allylic oxidation sites excluding steroid dienone is 5. The number of carbonyl (C=O) groups excluding carboxylic acids is 3. The van der Waals surface area contributed by atoms with E-state index in [0.29, 0.717) is 12.8 Å². The van der Waals surface area contributed by atoms with Gasteiger partial charge in [0.15, 0.2) is 17.3 Å². The molecule has 1 saturated carbocycles. The number of fused-ring (bicyclic) bond motifs is 3. The summed E-state index contributed by atoms with van der Waals surface area (Å²) in [6.07, 6.45) is 6.36. The first-order valence-corrected chi connectivity index (χ1v) is 10.8. The zero-order valence-corrected chi connectivity index (χ0v) is 17.3.